The first-order valence-corrected chi connectivity index (χ1v) is 5.85. The van der Waals surface area contributed by atoms with Gasteiger partial charge in [0.25, 0.3) is 5.91 Å². The highest BCUT2D eigenvalue weighted by atomic mass is 79.9. The highest BCUT2D eigenvalue weighted by Crippen LogP contribution is 1.98. The number of carbonyl (C=O) groups excluding carboxylic acids is 1. The molecule has 0 fully saturated rings. The second-order valence-electron chi connectivity index (χ2n) is 3.16. The molecule has 1 aromatic heterocycles. The number of H-pyrrole nitrogens is 1. The molecule has 0 aliphatic carbocycles. The van der Waals surface area contributed by atoms with Crippen LogP contribution in [0, 0.1) is 0 Å². The van der Waals surface area contributed by atoms with Crippen molar-refractivity contribution in [2.45, 2.75) is 19.4 Å². The van der Waals surface area contributed by atoms with Gasteiger partial charge in [0.1, 0.15) is 5.69 Å². The maximum absolute atomic E-state index is 11.6. The molecule has 1 aromatic rings. The number of carbonyl (C=O) groups is 1. The topological polar surface area (TPSA) is 62.0 Å². The zero-order valence-corrected chi connectivity index (χ0v) is 10.0. The first kappa shape index (κ1) is 12.0. The lowest BCUT2D eigenvalue weighted by molar-refractivity contribution is 0.0935. The lowest BCUT2D eigenvalue weighted by atomic mass is 10.2. The molecule has 0 radical (unpaired) electrons. The Morgan fingerprint density at radius 3 is 2.87 bits per heavy atom. The van der Waals surface area contributed by atoms with Crippen molar-refractivity contribution in [3.63, 3.8) is 0 Å². The van der Waals surface area contributed by atoms with Crippen LogP contribution < -0.4 is 10.9 Å². The Hall–Kier alpha value is -1.10. The van der Waals surface area contributed by atoms with Crippen molar-refractivity contribution in [3.05, 3.63) is 34.2 Å². The Bertz CT molecular complexity index is 385. The van der Waals surface area contributed by atoms with E-state index in [9.17, 15) is 9.59 Å². The van der Waals surface area contributed by atoms with E-state index >= 15 is 0 Å². The van der Waals surface area contributed by atoms with Crippen LogP contribution in [0.1, 0.15) is 23.8 Å². The maximum Gasteiger partial charge on any atom is 0.268 e. The minimum atomic E-state index is -0.269. The Kier molecular flexibility index (Phi) is 4.55. The summed E-state index contributed by atoms with van der Waals surface area (Å²) in [5, 5.41) is 3.50. The monoisotopic (exact) mass is 272 g/mol. The largest absolute Gasteiger partial charge is 0.347 e. The van der Waals surface area contributed by atoms with Crippen LogP contribution in [0.2, 0.25) is 0 Å². The number of hydrogen-bond acceptors (Lipinski definition) is 2. The van der Waals surface area contributed by atoms with E-state index in [1.165, 1.54) is 6.07 Å². The predicted octanol–water partition coefficient (Wildman–Crippen LogP) is 1.28. The van der Waals surface area contributed by atoms with Crippen LogP contribution in [0.5, 0.6) is 0 Å². The Morgan fingerprint density at radius 1 is 1.60 bits per heavy atom. The molecular weight excluding hydrogens is 260 g/mol. The molecule has 82 valence electrons. The first-order chi connectivity index (χ1) is 7.17. The molecule has 5 heteroatoms. The van der Waals surface area contributed by atoms with Crippen molar-refractivity contribution in [3.8, 4) is 0 Å². The van der Waals surface area contributed by atoms with Gasteiger partial charge in [-0.25, -0.2) is 0 Å². The molecular formula is C10H13BrN2O2. The SMILES string of the molecule is CCC(CBr)NC(=O)c1cccc(=O)[nH]1. The quantitative estimate of drug-likeness (QED) is 0.812. The summed E-state index contributed by atoms with van der Waals surface area (Å²) in [4.78, 5) is 25.1. The number of pyridine rings is 1. The fourth-order valence-electron chi connectivity index (χ4n) is 1.09. The number of amides is 1. The molecule has 4 nitrogen and oxygen atoms in total. The van der Waals surface area contributed by atoms with E-state index in [1.807, 2.05) is 6.92 Å². The molecule has 0 spiro atoms. The van der Waals surface area contributed by atoms with Crippen molar-refractivity contribution in [1.29, 1.82) is 0 Å². The van der Waals surface area contributed by atoms with Crippen LogP contribution in [0.3, 0.4) is 0 Å². The van der Waals surface area contributed by atoms with E-state index in [0.29, 0.717) is 11.0 Å². The molecule has 0 aliphatic heterocycles. The lowest BCUT2D eigenvalue weighted by Crippen LogP contribution is -2.36. The van der Waals surface area contributed by atoms with Crippen LogP contribution in [0.25, 0.3) is 0 Å². The van der Waals surface area contributed by atoms with Gasteiger partial charge in [0.2, 0.25) is 5.56 Å². The normalized spacial score (nSPS) is 12.1. The molecule has 0 aliphatic rings. The fraction of sp³-hybridized carbons (Fsp3) is 0.400. The van der Waals surface area contributed by atoms with Crippen LogP contribution >= 0.6 is 15.9 Å². The summed E-state index contributed by atoms with van der Waals surface area (Å²) in [6.45, 7) is 1.99. The smallest absolute Gasteiger partial charge is 0.268 e. The van der Waals surface area contributed by atoms with Gasteiger partial charge >= 0.3 is 0 Å². The number of aromatic nitrogens is 1. The van der Waals surface area contributed by atoms with E-state index in [-0.39, 0.29) is 17.5 Å². The van der Waals surface area contributed by atoms with E-state index in [0.717, 1.165) is 6.42 Å². The second kappa shape index (κ2) is 5.70. The molecule has 0 aromatic carbocycles. The third kappa shape index (κ3) is 3.51. The number of aromatic amines is 1. The third-order valence-corrected chi connectivity index (χ3v) is 2.81. The van der Waals surface area contributed by atoms with Gasteiger partial charge in [0.15, 0.2) is 0 Å². The zero-order valence-electron chi connectivity index (χ0n) is 8.42. The van der Waals surface area contributed by atoms with Crippen molar-refractivity contribution >= 4 is 21.8 Å². The highest BCUT2D eigenvalue weighted by Gasteiger charge is 2.11. The van der Waals surface area contributed by atoms with Gasteiger partial charge in [0.05, 0.1) is 0 Å². The van der Waals surface area contributed by atoms with E-state index in [4.69, 9.17) is 0 Å². The molecule has 0 bridgehead atoms. The number of halogens is 1. The van der Waals surface area contributed by atoms with Crippen LogP contribution in [0.4, 0.5) is 0 Å². The lowest BCUT2D eigenvalue weighted by Gasteiger charge is -2.13. The summed E-state index contributed by atoms with van der Waals surface area (Å²) in [5.74, 6) is -0.251. The standard InChI is InChI=1S/C10H13BrN2O2/c1-2-7(6-11)12-10(15)8-4-3-5-9(14)13-8/h3-5,7H,2,6H2,1H3,(H,12,15)(H,13,14). The van der Waals surface area contributed by atoms with Gasteiger partial charge in [-0.2, -0.15) is 0 Å². The minimum Gasteiger partial charge on any atom is -0.347 e. The molecule has 1 amide bonds. The van der Waals surface area contributed by atoms with Gasteiger partial charge in [-0.05, 0) is 12.5 Å². The molecule has 1 atom stereocenters. The number of nitrogens with one attached hydrogen (secondary N) is 2. The number of alkyl halides is 1. The molecule has 1 unspecified atom stereocenters. The third-order valence-electron chi connectivity index (χ3n) is 2.03. The summed E-state index contributed by atoms with van der Waals surface area (Å²) < 4.78 is 0. The zero-order chi connectivity index (χ0) is 11.3. The second-order valence-corrected chi connectivity index (χ2v) is 3.81. The van der Waals surface area contributed by atoms with E-state index < -0.39 is 0 Å². The van der Waals surface area contributed by atoms with Crippen molar-refractivity contribution in [1.82, 2.24) is 10.3 Å². The summed E-state index contributed by atoms with van der Waals surface area (Å²) in [6.07, 6.45) is 0.841. The first-order valence-electron chi connectivity index (χ1n) is 4.73. The van der Waals surface area contributed by atoms with Crippen LogP contribution in [0.15, 0.2) is 23.0 Å². The number of hydrogen-bond donors (Lipinski definition) is 2. The average Bonchev–Trinajstić information content (AvgIpc) is 2.25. The van der Waals surface area contributed by atoms with Crippen LogP contribution in [-0.4, -0.2) is 22.3 Å². The van der Waals surface area contributed by atoms with E-state index in [1.54, 1.807) is 12.1 Å². The van der Waals surface area contributed by atoms with Gasteiger partial charge in [-0.3, -0.25) is 9.59 Å². The van der Waals surface area contributed by atoms with Gasteiger partial charge in [-0.1, -0.05) is 28.9 Å². The summed E-state index contributed by atoms with van der Waals surface area (Å²) in [7, 11) is 0. The molecule has 15 heavy (non-hydrogen) atoms. The van der Waals surface area contributed by atoms with Gasteiger partial charge in [0, 0.05) is 17.4 Å². The summed E-state index contributed by atoms with van der Waals surface area (Å²) in [5.41, 5.74) is 0.0245. The molecule has 0 saturated heterocycles. The average molecular weight is 273 g/mol. The molecule has 1 rings (SSSR count). The van der Waals surface area contributed by atoms with Crippen molar-refractivity contribution in [2.75, 3.05) is 5.33 Å². The van der Waals surface area contributed by atoms with Gasteiger partial charge < -0.3 is 10.3 Å². The maximum atomic E-state index is 11.6. The molecule has 1 heterocycles. The van der Waals surface area contributed by atoms with Gasteiger partial charge in [-0.15, -0.1) is 0 Å². The van der Waals surface area contributed by atoms with Crippen LogP contribution in [-0.2, 0) is 0 Å². The summed E-state index contributed by atoms with van der Waals surface area (Å²) >= 11 is 3.30. The number of rotatable bonds is 4. The highest BCUT2D eigenvalue weighted by molar-refractivity contribution is 9.09. The molecule has 2 N–H and O–H groups in total. The minimum absolute atomic E-state index is 0.0845. The Balaban J connectivity index is 2.73. The molecule has 0 saturated carbocycles. The fourth-order valence-corrected chi connectivity index (χ4v) is 1.71. The predicted molar refractivity (Wildman–Crippen MR) is 62.4 cm³/mol. The van der Waals surface area contributed by atoms with Crippen molar-refractivity contribution < 1.29 is 4.79 Å². The Labute approximate surface area is 96.2 Å². The van der Waals surface area contributed by atoms with Crippen molar-refractivity contribution in [2.24, 2.45) is 0 Å². The van der Waals surface area contributed by atoms with E-state index in [2.05, 4.69) is 26.2 Å². The Morgan fingerprint density at radius 2 is 2.33 bits per heavy atom. The summed E-state index contributed by atoms with van der Waals surface area (Å²) in [6, 6.07) is 4.60.